The van der Waals surface area contributed by atoms with Crippen molar-refractivity contribution in [1.29, 1.82) is 0 Å². The molecule has 2 aromatic carbocycles. The van der Waals surface area contributed by atoms with Gasteiger partial charge in [-0.15, -0.1) is 0 Å². The van der Waals surface area contributed by atoms with E-state index in [4.69, 9.17) is 0 Å². The second-order valence-corrected chi connectivity index (χ2v) is 9.98. The van der Waals surface area contributed by atoms with Gasteiger partial charge in [-0.1, -0.05) is 35.4 Å². The van der Waals surface area contributed by atoms with E-state index >= 15 is 0 Å². The largest absolute Gasteiger partial charge is 0.369 e. The summed E-state index contributed by atoms with van der Waals surface area (Å²) in [6.45, 7) is 10.6. The lowest BCUT2D eigenvalue weighted by Gasteiger charge is -2.37. The predicted octanol–water partition coefficient (Wildman–Crippen LogP) is 3.97. The highest BCUT2D eigenvalue weighted by molar-refractivity contribution is 7.90. The van der Waals surface area contributed by atoms with E-state index in [2.05, 4.69) is 41.8 Å². The van der Waals surface area contributed by atoms with Gasteiger partial charge in [0.2, 0.25) is 0 Å². The molecule has 1 saturated heterocycles. The second kappa shape index (κ2) is 8.28. The van der Waals surface area contributed by atoms with Gasteiger partial charge < -0.3 is 4.90 Å². The van der Waals surface area contributed by atoms with Crippen molar-refractivity contribution >= 4 is 15.7 Å². The van der Waals surface area contributed by atoms with Gasteiger partial charge in [-0.2, -0.15) is 0 Å². The maximum atomic E-state index is 13.1. The fraction of sp³-hybridized carbons (Fsp3) is 0.333. The molecule has 2 heterocycles. The summed E-state index contributed by atoms with van der Waals surface area (Å²) in [5.74, 6) is 0. The highest BCUT2D eigenvalue weighted by Gasteiger charge is 2.23. The number of rotatable bonds is 5. The zero-order valence-electron chi connectivity index (χ0n) is 17.9. The van der Waals surface area contributed by atoms with Gasteiger partial charge in [-0.3, -0.25) is 4.90 Å². The van der Waals surface area contributed by atoms with Crippen LogP contribution < -0.4 is 4.90 Å². The van der Waals surface area contributed by atoms with Crippen LogP contribution in [0.1, 0.15) is 22.4 Å². The number of piperazine rings is 1. The molecule has 0 N–H and O–H groups in total. The van der Waals surface area contributed by atoms with E-state index in [0.29, 0.717) is 11.4 Å². The normalized spacial score (nSPS) is 15.5. The number of benzene rings is 2. The Bertz CT molecular complexity index is 1130. The van der Waals surface area contributed by atoms with Crippen LogP contribution >= 0.6 is 0 Å². The van der Waals surface area contributed by atoms with Crippen molar-refractivity contribution in [2.75, 3.05) is 31.1 Å². The molecule has 4 rings (SSSR count). The molecule has 1 aliphatic rings. The van der Waals surface area contributed by atoms with E-state index < -0.39 is 10.0 Å². The molecule has 1 aliphatic heterocycles. The molecule has 0 aliphatic carbocycles. The molecule has 0 unspecified atom stereocenters. The number of hydrogen-bond acceptors (Lipinski definition) is 4. The molecule has 6 heteroatoms. The lowest BCUT2D eigenvalue weighted by molar-refractivity contribution is 0.246. The van der Waals surface area contributed by atoms with E-state index in [-0.39, 0.29) is 0 Å². The first kappa shape index (κ1) is 20.7. The first-order valence-electron chi connectivity index (χ1n) is 10.4. The predicted molar refractivity (Wildman–Crippen MR) is 122 cm³/mol. The summed E-state index contributed by atoms with van der Waals surface area (Å²) in [5.41, 5.74) is 5.73. The SMILES string of the molecule is Cc1ccc(S(=O)(=O)n2cccc2CN2CCN(c3ccc(C)cc3C)CC2)cc1. The Morgan fingerprint density at radius 2 is 1.50 bits per heavy atom. The van der Waals surface area contributed by atoms with Crippen LogP contribution in [0.2, 0.25) is 0 Å². The van der Waals surface area contributed by atoms with Crippen LogP contribution in [0.5, 0.6) is 0 Å². The number of nitrogens with zero attached hydrogens (tertiary/aromatic N) is 3. The first-order chi connectivity index (χ1) is 14.3. The van der Waals surface area contributed by atoms with Crippen molar-refractivity contribution in [3.05, 3.63) is 83.2 Å². The fourth-order valence-corrected chi connectivity index (χ4v) is 5.48. The minimum Gasteiger partial charge on any atom is -0.369 e. The monoisotopic (exact) mass is 423 g/mol. The number of aromatic nitrogens is 1. The van der Waals surface area contributed by atoms with Gasteiger partial charge in [0.15, 0.2) is 0 Å². The van der Waals surface area contributed by atoms with Gasteiger partial charge in [0.05, 0.1) is 4.90 Å². The van der Waals surface area contributed by atoms with Crippen LogP contribution in [0.25, 0.3) is 0 Å². The standard InChI is InChI=1S/C24H29N3O2S/c1-19-6-9-23(10-7-19)30(28,29)27-12-4-5-22(27)18-25-13-15-26(16-14-25)24-11-8-20(2)17-21(24)3/h4-12,17H,13-16,18H2,1-3H3. The minimum absolute atomic E-state index is 0.324. The molecule has 0 bridgehead atoms. The number of aryl methyl sites for hydroxylation is 3. The molecule has 0 atom stereocenters. The highest BCUT2D eigenvalue weighted by Crippen LogP contribution is 2.24. The Hall–Kier alpha value is -2.57. The average molecular weight is 424 g/mol. The van der Waals surface area contributed by atoms with Gasteiger partial charge in [0.25, 0.3) is 10.0 Å². The molecule has 3 aromatic rings. The van der Waals surface area contributed by atoms with Gasteiger partial charge in [-0.25, -0.2) is 12.4 Å². The van der Waals surface area contributed by atoms with E-state index in [9.17, 15) is 8.42 Å². The van der Waals surface area contributed by atoms with E-state index in [1.807, 2.05) is 31.2 Å². The van der Waals surface area contributed by atoms with Crippen LogP contribution in [-0.2, 0) is 16.6 Å². The molecule has 1 fully saturated rings. The first-order valence-corrected chi connectivity index (χ1v) is 11.8. The number of hydrogen-bond donors (Lipinski definition) is 0. The molecule has 30 heavy (non-hydrogen) atoms. The third-order valence-electron chi connectivity index (χ3n) is 5.82. The summed E-state index contributed by atoms with van der Waals surface area (Å²) in [6, 6.07) is 17.3. The average Bonchev–Trinajstić information content (AvgIpc) is 3.18. The maximum Gasteiger partial charge on any atom is 0.267 e. The highest BCUT2D eigenvalue weighted by atomic mass is 32.2. The fourth-order valence-electron chi connectivity index (χ4n) is 4.12. The summed E-state index contributed by atoms with van der Waals surface area (Å²) >= 11 is 0. The Labute approximate surface area is 179 Å². The molecular formula is C24H29N3O2S. The Morgan fingerprint density at radius 3 is 2.17 bits per heavy atom. The summed E-state index contributed by atoms with van der Waals surface area (Å²) in [5, 5.41) is 0. The smallest absolute Gasteiger partial charge is 0.267 e. The topological polar surface area (TPSA) is 45.6 Å². The van der Waals surface area contributed by atoms with Crippen LogP contribution in [-0.4, -0.2) is 43.5 Å². The molecule has 158 valence electrons. The zero-order valence-corrected chi connectivity index (χ0v) is 18.7. The van der Waals surface area contributed by atoms with Crippen molar-refractivity contribution in [2.24, 2.45) is 0 Å². The minimum atomic E-state index is -3.58. The molecule has 0 saturated carbocycles. The van der Waals surface area contributed by atoms with Crippen molar-refractivity contribution in [2.45, 2.75) is 32.2 Å². The summed E-state index contributed by atoms with van der Waals surface area (Å²) in [4.78, 5) is 5.08. The van der Waals surface area contributed by atoms with Crippen molar-refractivity contribution in [1.82, 2.24) is 8.87 Å². The summed E-state index contributed by atoms with van der Waals surface area (Å²) in [7, 11) is -3.58. The van der Waals surface area contributed by atoms with E-state index in [1.165, 1.54) is 20.8 Å². The Morgan fingerprint density at radius 1 is 0.833 bits per heavy atom. The van der Waals surface area contributed by atoms with Crippen LogP contribution in [0.4, 0.5) is 5.69 Å². The summed E-state index contributed by atoms with van der Waals surface area (Å²) in [6.07, 6.45) is 1.65. The van der Waals surface area contributed by atoms with Gasteiger partial charge >= 0.3 is 0 Å². The van der Waals surface area contributed by atoms with Gasteiger partial charge in [0.1, 0.15) is 0 Å². The molecule has 0 radical (unpaired) electrons. The molecule has 1 aromatic heterocycles. The van der Waals surface area contributed by atoms with Crippen LogP contribution in [0.15, 0.2) is 65.7 Å². The third-order valence-corrected chi connectivity index (χ3v) is 7.56. The Kier molecular flexibility index (Phi) is 5.71. The molecule has 0 amide bonds. The van der Waals surface area contributed by atoms with Crippen LogP contribution in [0, 0.1) is 20.8 Å². The van der Waals surface area contributed by atoms with Crippen molar-refractivity contribution in [3.8, 4) is 0 Å². The lowest BCUT2D eigenvalue weighted by Crippen LogP contribution is -2.46. The van der Waals surface area contributed by atoms with E-state index in [1.54, 1.807) is 18.3 Å². The van der Waals surface area contributed by atoms with Gasteiger partial charge in [-0.05, 0) is 56.7 Å². The lowest BCUT2D eigenvalue weighted by atomic mass is 10.1. The maximum absolute atomic E-state index is 13.1. The van der Waals surface area contributed by atoms with E-state index in [0.717, 1.165) is 37.4 Å². The van der Waals surface area contributed by atoms with Gasteiger partial charge in [0, 0.05) is 50.3 Å². The molecule has 0 spiro atoms. The molecule has 5 nitrogen and oxygen atoms in total. The number of anilines is 1. The zero-order chi connectivity index (χ0) is 21.3. The summed E-state index contributed by atoms with van der Waals surface area (Å²) < 4.78 is 27.6. The quantitative estimate of drug-likeness (QED) is 0.623. The van der Waals surface area contributed by atoms with Crippen LogP contribution in [0.3, 0.4) is 0 Å². The van der Waals surface area contributed by atoms with Crippen molar-refractivity contribution in [3.63, 3.8) is 0 Å². The third kappa shape index (κ3) is 4.16. The second-order valence-electron chi connectivity index (χ2n) is 8.17. The Balaban J connectivity index is 1.46. The molecular weight excluding hydrogens is 394 g/mol. The van der Waals surface area contributed by atoms with Crippen molar-refractivity contribution < 1.29 is 8.42 Å².